The SMILES string of the molecule is CSc1cccc(F)c1C(=O)NC1CC1. The Morgan fingerprint density at radius 1 is 1.53 bits per heavy atom. The molecule has 1 amide bonds. The third kappa shape index (κ3) is 2.31. The fraction of sp³-hybridized carbons (Fsp3) is 0.364. The summed E-state index contributed by atoms with van der Waals surface area (Å²) in [6.45, 7) is 0. The van der Waals surface area contributed by atoms with Crippen molar-refractivity contribution in [3.05, 3.63) is 29.6 Å². The minimum absolute atomic E-state index is 0.178. The number of amides is 1. The van der Waals surface area contributed by atoms with Gasteiger partial charge in [-0.2, -0.15) is 0 Å². The predicted molar refractivity (Wildman–Crippen MR) is 58.7 cm³/mol. The first-order chi connectivity index (χ1) is 7.22. The Morgan fingerprint density at radius 3 is 2.87 bits per heavy atom. The molecule has 2 rings (SSSR count). The molecule has 1 aliphatic rings. The number of hydrogen-bond donors (Lipinski definition) is 1. The van der Waals surface area contributed by atoms with Crippen LogP contribution in [0.1, 0.15) is 23.2 Å². The van der Waals surface area contributed by atoms with E-state index in [1.165, 1.54) is 17.8 Å². The zero-order chi connectivity index (χ0) is 10.8. The molecule has 80 valence electrons. The van der Waals surface area contributed by atoms with Crippen molar-refractivity contribution in [3.8, 4) is 0 Å². The Balaban J connectivity index is 2.27. The lowest BCUT2D eigenvalue weighted by molar-refractivity contribution is 0.0944. The molecule has 0 heterocycles. The molecular weight excluding hydrogens is 213 g/mol. The molecule has 15 heavy (non-hydrogen) atoms. The fourth-order valence-corrected chi connectivity index (χ4v) is 1.99. The van der Waals surface area contributed by atoms with E-state index in [0.29, 0.717) is 4.90 Å². The van der Waals surface area contributed by atoms with Gasteiger partial charge in [-0.3, -0.25) is 4.79 Å². The molecule has 1 N–H and O–H groups in total. The topological polar surface area (TPSA) is 29.1 Å². The lowest BCUT2D eigenvalue weighted by Crippen LogP contribution is -2.26. The quantitative estimate of drug-likeness (QED) is 0.800. The second kappa shape index (κ2) is 4.23. The van der Waals surface area contributed by atoms with E-state index in [-0.39, 0.29) is 17.5 Å². The Bertz CT molecular complexity index is 390. The maximum Gasteiger partial charge on any atom is 0.255 e. The first-order valence-corrected chi connectivity index (χ1v) is 6.08. The zero-order valence-corrected chi connectivity index (χ0v) is 9.23. The highest BCUT2D eigenvalue weighted by atomic mass is 32.2. The third-order valence-electron chi connectivity index (χ3n) is 2.33. The number of hydrogen-bond acceptors (Lipinski definition) is 2. The van der Waals surface area contributed by atoms with Crippen molar-refractivity contribution in [1.29, 1.82) is 0 Å². The molecule has 1 aromatic carbocycles. The van der Waals surface area contributed by atoms with Crippen LogP contribution in [0, 0.1) is 5.82 Å². The number of carbonyl (C=O) groups is 1. The van der Waals surface area contributed by atoms with Crippen LogP contribution < -0.4 is 5.32 Å². The normalized spacial score (nSPS) is 15.1. The molecule has 0 aliphatic heterocycles. The molecule has 2 nitrogen and oxygen atoms in total. The van der Waals surface area contributed by atoms with Crippen LogP contribution in [0.2, 0.25) is 0 Å². The van der Waals surface area contributed by atoms with Crippen molar-refractivity contribution < 1.29 is 9.18 Å². The Kier molecular flexibility index (Phi) is 2.95. The summed E-state index contributed by atoms with van der Waals surface area (Å²) in [6.07, 6.45) is 3.85. The first-order valence-electron chi connectivity index (χ1n) is 4.85. The maximum absolute atomic E-state index is 13.5. The second-order valence-electron chi connectivity index (χ2n) is 3.56. The molecule has 0 aromatic heterocycles. The molecule has 0 radical (unpaired) electrons. The van der Waals surface area contributed by atoms with Crippen LogP contribution >= 0.6 is 11.8 Å². The van der Waals surface area contributed by atoms with Gasteiger partial charge in [0, 0.05) is 10.9 Å². The molecule has 1 saturated carbocycles. The van der Waals surface area contributed by atoms with Gasteiger partial charge in [-0.15, -0.1) is 11.8 Å². The molecule has 0 bridgehead atoms. The van der Waals surface area contributed by atoms with Gasteiger partial charge in [0.15, 0.2) is 0 Å². The number of thioether (sulfide) groups is 1. The molecule has 0 spiro atoms. The summed E-state index contributed by atoms with van der Waals surface area (Å²) >= 11 is 1.38. The van der Waals surface area contributed by atoms with Crippen LogP contribution in [-0.4, -0.2) is 18.2 Å². The zero-order valence-electron chi connectivity index (χ0n) is 8.42. The first kappa shape index (κ1) is 10.5. The van der Waals surface area contributed by atoms with Gasteiger partial charge in [0.2, 0.25) is 0 Å². The van der Waals surface area contributed by atoms with Crippen molar-refractivity contribution in [2.45, 2.75) is 23.8 Å². The van der Waals surface area contributed by atoms with Gasteiger partial charge in [0.1, 0.15) is 5.82 Å². The summed E-state index contributed by atoms with van der Waals surface area (Å²) in [5.41, 5.74) is 0.178. The molecule has 4 heteroatoms. The van der Waals surface area contributed by atoms with E-state index >= 15 is 0 Å². The van der Waals surface area contributed by atoms with Crippen LogP contribution in [-0.2, 0) is 0 Å². The number of nitrogens with one attached hydrogen (secondary N) is 1. The van der Waals surface area contributed by atoms with Crippen LogP contribution in [0.4, 0.5) is 4.39 Å². The van der Waals surface area contributed by atoms with Gasteiger partial charge < -0.3 is 5.32 Å². The molecule has 0 atom stereocenters. The minimum atomic E-state index is -0.444. The molecular formula is C11H12FNOS. The Morgan fingerprint density at radius 2 is 2.27 bits per heavy atom. The summed E-state index contributed by atoms with van der Waals surface area (Å²) in [4.78, 5) is 12.4. The lowest BCUT2D eigenvalue weighted by atomic mass is 10.2. The van der Waals surface area contributed by atoms with Gasteiger partial charge in [0.25, 0.3) is 5.91 Å². The summed E-state index contributed by atoms with van der Waals surface area (Å²) in [7, 11) is 0. The van der Waals surface area contributed by atoms with Gasteiger partial charge >= 0.3 is 0 Å². The van der Waals surface area contributed by atoms with Crippen molar-refractivity contribution >= 4 is 17.7 Å². The highest BCUT2D eigenvalue weighted by Crippen LogP contribution is 2.25. The van der Waals surface area contributed by atoms with E-state index in [4.69, 9.17) is 0 Å². The maximum atomic E-state index is 13.5. The average Bonchev–Trinajstić information content (AvgIpc) is 3.00. The smallest absolute Gasteiger partial charge is 0.255 e. The third-order valence-corrected chi connectivity index (χ3v) is 3.11. The van der Waals surface area contributed by atoms with E-state index in [1.807, 2.05) is 6.26 Å². The van der Waals surface area contributed by atoms with Crippen molar-refractivity contribution in [3.63, 3.8) is 0 Å². The van der Waals surface area contributed by atoms with Gasteiger partial charge in [-0.1, -0.05) is 6.07 Å². The molecule has 1 aromatic rings. The van der Waals surface area contributed by atoms with Gasteiger partial charge in [0.05, 0.1) is 5.56 Å². The number of rotatable bonds is 3. The van der Waals surface area contributed by atoms with Crippen LogP contribution in [0.5, 0.6) is 0 Å². The van der Waals surface area contributed by atoms with Crippen LogP contribution in [0.15, 0.2) is 23.1 Å². The average molecular weight is 225 g/mol. The van der Waals surface area contributed by atoms with E-state index in [0.717, 1.165) is 12.8 Å². The van der Waals surface area contributed by atoms with E-state index < -0.39 is 5.82 Å². The van der Waals surface area contributed by atoms with Gasteiger partial charge in [-0.25, -0.2) is 4.39 Å². The monoisotopic (exact) mass is 225 g/mol. The lowest BCUT2D eigenvalue weighted by Gasteiger charge is -2.08. The largest absolute Gasteiger partial charge is 0.349 e. The second-order valence-corrected chi connectivity index (χ2v) is 4.41. The Hall–Kier alpha value is -1.03. The van der Waals surface area contributed by atoms with E-state index in [9.17, 15) is 9.18 Å². The summed E-state index contributed by atoms with van der Waals surface area (Å²) < 4.78 is 13.5. The Labute approximate surface area is 92.3 Å². The highest BCUT2D eigenvalue weighted by Gasteiger charge is 2.26. The molecule has 0 unspecified atom stereocenters. The number of halogens is 1. The van der Waals surface area contributed by atoms with Crippen LogP contribution in [0.3, 0.4) is 0 Å². The standard InChI is InChI=1S/C11H12FNOS/c1-15-9-4-2-3-8(12)10(9)11(14)13-7-5-6-7/h2-4,7H,5-6H2,1H3,(H,13,14). The van der Waals surface area contributed by atoms with E-state index in [2.05, 4.69) is 5.32 Å². The summed E-state index contributed by atoms with van der Waals surface area (Å²) in [5.74, 6) is -0.736. The number of benzene rings is 1. The number of carbonyl (C=O) groups excluding carboxylic acids is 1. The minimum Gasteiger partial charge on any atom is -0.349 e. The van der Waals surface area contributed by atoms with E-state index in [1.54, 1.807) is 12.1 Å². The fourth-order valence-electron chi connectivity index (χ4n) is 1.38. The summed E-state index contributed by atoms with van der Waals surface area (Å²) in [5, 5.41) is 2.79. The molecule has 1 aliphatic carbocycles. The summed E-state index contributed by atoms with van der Waals surface area (Å²) in [6, 6.07) is 4.96. The molecule has 0 saturated heterocycles. The van der Waals surface area contributed by atoms with Crippen molar-refractivity contribution in [1.82, 2.24) is 5.32 Å². The van der Waals surface area contributed by atoms with Crippen LogP contribution in [0.25, 0.3) is 0 Å². The van der Waals surface area contributed by atoms with Crippen molar-refractivity contribution in [2.24, 2.45) is 0 Å². The predicted octanol–water partition coefficient (Wildman–Crippen LogP) is 2.44. The van der Waals surface area contributed by atoms with Gasteiger partial charge in [-0.05, 0) is 31.2 Å². The molecule has 1 fully saturated rings. The highest BCUT2D eigenvalue weighted by molar-refractivity contribution is 7.98. The van der Waals surface area contributed by atoms with Crippen molar-refractivity contribution in [2.75, 3.05) is 6.26 Å².